The molecule has 3 aromatic carbocycles. The summed E-state index contributed by atoms with van der Waals surface area (Å²) in [6, 6.07) is 19.0. The first-order valence-electron chi connectivity index (χ1n) is 11.2. The molecule has 1 saturated heterocycles. The Labute approximate surface area is 185 Å². The maximum Gasteiger partial charge on any atom is 0.128 e. The largest absolute Gasteiger partial charge is 0.380 e. The summed E-state index contributed by atoms with van der Waals surface area (Å²) >= 11 is 0. The molecule has 3 aromatic rings. The molecule has 0 aliphatic carbocycles. The van der Waals surface area contributed by atoms with Crippen molar-refractivity contribution < 1.29 is 9.13 Å². The maximum absolute atomic E-state index is 15.4. The molecule has 162 valence electrons. The van der Waals surface area contributed by atoms with E-state index in [0.717, 1.165) is 48.3 Å². The van der Waals surface area contributed by atoms with Crippen molar-refractivity contribution in [2.24, 2.45) is 0 Å². The van der Waals surface area contributed by atoms with Crippen LogP contribution < -0.4 is 0 Å². The molecule has 3 heteroatoms. The van der Waals surface area contributed by atoms with Crippen molar-refractivity contribution in [1.29, 1.82) is 0 Å². The van der Waals surface area contributed by atoms with Crippen LogP contribution in [0.15, 0.2) is 54.6 Å². The topological polar surface area (TPSA) is 12.5 Å². The van der Waals surface area contributed by atoms with Crippen molar-refractivity contribution in [3.8, 4) is 22.3 Å². The molecule has 0 amide bonds. The Bertz CT molecular complexity index is 1070. The number of halogens is 1. The lowest BCUT2D eigenvalue weighted by Crippen LogP contribution is -2.32. The standard InChI is InChI=1S/C28H32FNO/c1-5-21-15-22(16-28(29)27(21)17-30(4)23-13-14-31-18-23)25-11-8-12-26(20(25)3)24-10-7-6-9-19(24)2/h6-12,15-16,23H,5,13-14,17-18H2,1-4H3/t23-/m1/s1. The van der Waals surface area contributed by atoms with Crippen LogP contribution in [0.1, 0.15) is 35.6 Å². The molecule has 0 saturated carbocycles. The number of hydrogen-bond acceptors (Lipinski definition) is 2. The van der Waals surface area contributed by atoms with E-state index in [1.54, 1.807) is 6.07 Å². The van der Waals surface area contributed by atoms with Gasteiger partial charge in [-0.1, -0.05) is 55.5 Å². The third-order valence-corrected chi connectivity index (χ3v) is 6.69. The van der Waals surface area contributed by atoms with Gasteiger partial charge in [-0.3, -0.25) is 4.90 Å². The highest BCUT2D eigenvalue weighted by molar-refractivity contribution is 5.80. The Morgan fingerprint density at radius 2 is 1.74 bits per heavy atom. The number of ether oxygens (including phenoxy) is 1. The van der Waals surface area contributed by atoms with E-state index in [9.17, 15) is 0 Å². The van der Waals surface area contributed by atoms with Crippen molar-refractivity contribution in [3.63, 3.8) is 0 Å². The number of rotatable bonds is 6. The fourth-order valence-corrected chi connectivity index (χ4v) is 4.70. The van der Waals surface area contributed by atoms with Gasteiger partial charge in [-0.15, -0.1) is 0 Å². The summed E-state index contributed by atoms with van der Waals surface area (Å²) < 4.78 is 20.9. The Morgan fingerprint density at radius 1 is 1.00 bits per heavy atom. The van der Waals surface area contributed by atoms with Crippen molar-refractivity contribution in [1.82, 2.24) is 4.90 Å². The molecule has 0 radical (unpaired) electrons. The van der Waals surface area contributed by atoms with Gasteiger partial charge in [0.25, 0.3) is 0 Å². The smallest absolute Gasteiger partial charge is 0.128 e. The van der Waals surface area contributed by atoms with Gasteiger partial charge in [0, 0.05) is 24.8 Å². The van der Waals surface area contributed by atoms with E-state index in [4.69, 9.17) is 4.74 Å². The molecule has 1 aliphatic rings. The van der Waals surface area contributed by atoms with Crippen LogP contribution in [0.3, 0.4) is 0 Å². The fraction of sp³-hybridized carbons (Fsp3) is 0.357. The summed E-state index contributed by atoms with van der Waals surface area (Å²) in [6.07, 6.45) is 1.83. The van der Waals surface area contributed by atoms with Gasteiger partial charge in [0.15, 0.2) is 0 Å². The van der Waals surface area contributed by atoms with Crippen LogP contribution in [0, 0.1) is 19.7 Å². The summed E-state index contributed by atoms with van der Waals surface area (Å²) in [4.78, 5) is 2.23. The first-order valence-corrected chi connectivity index (χ1v) is 11.2. The highest BCUT2D eigenvalue weighted by Crippen LogP contribution is 2.35. The predicted molar refractivity (Wildman–Crippen MR) is 127 cm³/mol. The molecule has 4 rings (SSSR count). The normalized spacial score (nSPS) is 16.3. The van der Waals surface area contributed by atoms with Gasteiger partial charge < -0.3 is 4.74 Å². The van der Waals surface area contributed by atoms with Crippen LogP contribution in [-0.2, 0) is 17.7 Å². The van der Waals surface area contributed by atoms with Crippen LogP contribution in [-0.4, -0.2) is 31.2 Å². The summed E-state index contributed by atoms with van der Waals surface area (Å²) in [5.74, 6) is -0.110. The number of benzene rings is 3. The Hall–Kier alpha value is -2.49. The molecule has 1 fully saturated rings. The molecule has 0 aromatic heterocycles. The van der Waals surface area contributed by atoms with Crippen molar-refractivity contribution >= 4 is 0 Å². The molecule has 1 heterocycles. The first-order chi connectivity index (χ1) is 15.0. The van der Waals surface area contributed by atoms with Crippen molar-refractivity contribution in [2.75, 3.05) is 20.3 Å². The molecule has 1 aliphatic heterocycles. The van der Waals surface area contributed by atoms with Gasteiger partial charge in [-0.25, -0.2) is 4.39 Å². The lowest BCUT2D eigenvalue weighted by Gasteiger charge is -2.25. The summed E-state index contributed by atoms with van der Waals surface area (Å²) in [5, 5.41) is 0. The number of nitrogens with zero attached hydrogens (tertiary/aromatic N) is 1. The SMILES string of the molecule is CCc1cc(-c2cccc(-c3ccccc3C)c2C)cc(F)c1CN(C)[C@@H]1CCOC1. The second-order valence-electron chi connectivity index (χ2n) is 8.67. The summed E-state index contributed by atoms with van der Waals surface area (Å²) in [5.41, 5.74) is 8.82. The minimum atomic E-state index is -0.110. The highest BCUT2D eigenvalue weighted by atomic mass is 19.1. The van der Waals surface area contributed by atoms with Crippen molar-refractivity contribution in [2.45, 2.75) is 46.2 Å². The van der Waals surface area contributed by atoms with E-state index < -0.39 is 0 Å². The van der Waals surface area contributed by atoms with Crippen LogP contribution >= 0.6 is 0 Å². The van der Waals surface area contributed by atoms with E-state index in [1.807, 2.05) is 0 Å². The summed E-state index contributed by atoms with van der Waals surface area (Å²) in [7, 11) is 2.07. The van der Waals surface area contributed by atoms with Crippen molar-refractivity contribution in [3.05, 3.63) is 82.7 Å². The van der Waals surface area contributed by atoms with Gasteiger partial charge in [0.2, 0.25) is 0 Å². The van der Waals surface area contributed by atoms with Gasteiger partial charge in [0.05, 0.1) is 6.61 Å². The van der Waals surface area contributed by atoms with Crippen LogP contribution in [0.5, 0.6) is 0 Å². The van der Waals surface area contributed by atoms with Crippen LogP contribution in [0.4, 0.5) is 4.39 Å². The average Bonchev–Trinajstić information content (AvgIpc) is 3.31. The lowest BCUT2D eigenvalue weighted by atomic mass is 9.89. The zero-order valence-electron chi connectivity index (χ0n) is 19.0. The monoisotopic (exact) mass is 417 g/mol. The van der Waals surface area contributed by atoms with E-state index in [1.165, 1.54) is 22.3 Å². The molecule has 0 bridgehead atoms. The Kier molecular flexibility index (Phi) is 6.54. The number of aryl methyl sites for hydroxylation is 2. The second kappa shape index (κ2) is 9.33. The van der Waals surface area contributed by atoms with Crippen LogP contribution in [0.25, 0.3) is 22.3 Å². The van der Waals surface area contributed by atoms with Gasteiger partial charge >= 0.3 is 0 Å². The molecule has 0 unspecified atom stereocenters. The minimum Gasteiger partial charge on any atom is -0.380 e. The van der Waals surface area contributed by atoms with E-state index in [0.29, 0.717) is 12.6 Å². The average molecular weight is 418 g/mol. The quantitative estimate of drug-likeness (QED) is 0.450. The molecule has 31 heavy (non-hydrogen) atoms. The highest BCUT2D eigenvalue weighted by Gasteiger charge is 2.22. The Balaban J connectivity index is 1.72. The van der Waals surface area contributed by atoms with E-state index in [2.05, 4.69) is 81.2 Å². The number of likely N-dealkylation sites (N-methyl/N-ethyl adjacent to an activating group) is 1. The molecular formula is C28H32FNO. The predicted octanol–water partition coefficient (Wildman–Crippen LogP) is 6.56. The second-order valence-corrected chi connectivity index (χ2v) is 8.67. The maximum atomic E-state index is 15.4. The minimum absolute atomic E-state index is 0.110. The van der Waals surface area contributed by atoms with Gasteiger partial charge in [-0.05, 0) is 78.7 Å². The summed E-state index contributed by atoms with van der Waals surface area (Å²) in [6.45, 7) is 8.54. The molecule has 0 N–H and O–H groups in total. The van der Waals surface area contributed by atoms with E-state index in [-0.39, 0.29) is 5.82 Å². The molecular weight excluding hydrogens is 385 g/mol. The van der Waals surface area contributed by atoms with Gasteiger partial charge in [0.1, 0.15) is 5.82 Å². The van der Waals surface area contributed by atoms with Crippen LogP contribution in [0.2, 0.25) is 0 Å². The molecule has 0 spiro atoms. The molecule has 1 atom stereocenters. The third kappa shape index (κ3) is 4.44. The number of hydrogen-bond donors (Lipinski definition) is 0. The van der Waals surface area contributed by atoms with E-state index >= 15 is 4.39 Å². The third-order valence-electron chi connectivity index (χ3n) is 6.69. The fourth-order valence-electron chi connectivity index (χ4n) is 4.70. The zero-order valence-corrected chi connectivity index (χ0v) is 19.0. The Morgan fingerprint density at radius 3 is 2.45 bits per heavy atom. The van der Waals surface area contributed by atoms with Gasteiger partial charge in [-0.2, -0.15) is 0 Å². The lowest BCUT2D eigenvalue weighted by molar-refractivity contribution is 0.155. The first kappa shape index (κ1) is 21.7. The molecule has 2 nitrogen and oxygen atoms in total. The zero-order chi connectivity index (χ0) is 22.0.